The van der Waals surface area contributed by atoms with E-state index in [1.807, 2.05) is 18.3 Å². The second kappa shape index (κ2) is 9.38. The van der Waals surface area contributed by atoms with Crippen molar-refractivity contribution in [2.24, 2.45) is 0 Å². The van der Waals surface area contributed by atoms with Crippen LogP contribution in [0.5, 0.6) is 0 Å². The number of benzene rings is 1. The normalized spacial score (nSPS) is 22.9. The number of ether oxygens (including phenoxy) is 1. The molecular formula is C26H30N8O. The second-order valence-electron chi connectivity index (χ2n) is 9.67. The van der Waals surface area contributed by atoms with Gasteiger partial charge in [-0.15, -0.1) is 0 Å². The van der Waals surface area contributed by atoms with Gasteiger partial charge in [0.2, 0.25) is 5.95 Å². The molecule has 0 radical (unpaired) electrons. The van der Waals surface area contributed by atoms with E-state index < -0.39 is 0 Å². The maximum atomic E-state index is 9.50. The van der Waals surface area contributed by atoms with Crippen LogP contribution < -0.4 is 15.1 Å². The number of aromatic nitrogens is 3. The van der Waals surface area contributed by atoms with Crippen LogP contribution in [0.25, 0.3) is 10.9 Å². The molecule has 2 aromatic heterocycles. The Bertz CT molecular complexity index is 1270. The number of fused-ring (bicyclic) bond motifs is 2. The average molecular weight is 471 g/mol. The van der Waals surface area contributed by atoms with E-state index in [0.717, 1.165) is 87.1 Å². The minimum Gasteiger partial charge on any atom is -0.370 e. The van der Waals surface area contributed by atoms with Crippen molar-refractivity contribution in [3.8, 4) is 6.07 Å². The molecule has 2 saturated heterocycles. The van der Waals surface area contributed by atoms with Gasteiger partial charge in [0.1, 0.15) is 6.07 Å². The molecule has 35 heavy (non-hydrogen) atoms. The lowest BCUT2D eigenvalue weighted by Gasteiger charge is -2.40. The zero-order valence-electron chi connectivity index (χ0n) is 20.0. The second-order valence-corrected chi connectivity index (χ2v) is 9.67. The summed E-state index contributed by atoms with van der Waals surface area (Å²) in [7, 11) is 0. The van der Waals surface area contributed by atoms with Crippen molar-refractivity contribution < 1.29 is 4.74 Å². The fourth-order valence-corrected chi connectivity index (χ4v) is 5.51. The molecule has 5 heterocycles. The molecule has 3 aliphatic rings. The van der Waals surface area contributed by atoms with E-state index in [0.29, 0.717) is 5.56 Å². The highest BCUT2D eigenvalue weighted by Gasteiger charge is 2.31. The lowest BCUT2D eigenvalue weighted by atomic mass is 10.1. The predicted molar refractivity (Wildman–Crippen MR) is 134 cm³/mol. The summed E-state index contributed by atoms with van der Waals surface area (Å²) in [4.78, 5) is 21.1. The Morgan fingerprint density at radius 1 is 1.11 bits per heavy atom. The molecule has 2 fully saturated rings. The summed E-state index contributed by atoms with van der Waals surface area (Å²) in [6.07, 6.45) is 3.95. The van der Waals surface area contributed by atoms with Gasteiger partial charge in [-0.3, -0.25) is 9.88 Å². The molecule has 0 bridgehead atoms. The van der Waals surface area contributed by atoms with Gasteiger partial charge in [-0.05, 0) is 31.2 Å². The number of nitrogens with zero attached hydrogens (tertiary/aromatic N) is 7. The fourth-order valence-electron chi connectivity index (χ4n) is 5.51. The van der Waals surface area contributed by atoms with Crippen molar-refractivity contribution in [3.05, 3.63) is 53.5 Å². The maximum Gasteiger partial charge on any atom is 0.225 e. The SMILES string of the molecule is C[C@@H]1CN(c2ccc(C#N)c3ncccc23)C[C@H](CN2Cc3cnc(N4CCNCC4)nc3C2)O1. The predicted octanol–water partition coefficient (Wildman–Crippen LogP) is 1.92. The Kier molecular flexibility index (Phi) is 5.94. The summed E-state index contributed by atoms with van der Waals surface area (Å²) >= 11 is 0. The van der Waals surface area contributed by atoms with Crippen LogP contribution in [-0.4, -0.2) is 77.9 Å². The van der Waals surface area contributed by atoms with Crippen LogP contribution in [0.4, 0.5) is 11.6 Å². The monoisotopic (exact) mass is 470 g/mol. The third kappa shape index (κ3) is 4.41. The highest BCUT2D eigenvalue weighted by Crippen LogP contribution is 2.31. The summed E-state index contributed by atoms with van der Waals surface area (Å²) < 4.78 is 6.37. The van der Waals surface area contributed by atoms with Crippen molar-refractivity contribution in [2.75, 3.05) is 55.6 Å². The number of nitrogens with one attached hydrogen (secondary N) is 1. The van der Waals surface area contributed by atoms with Crippen molar-refractivity contribution in [2.45, 2.75) is 32.2 Å². The smallest absolute Gasteiger partial charge is 0.225 e. The molecule has 0 spiro atoms. The molecule has 1 N–H and O–H groups in total. The van der Waals surface area contributed by atoms with Gasteiger partial charge in [-0.25, -0.2) is 9.97 Å². The largest absolute Gasteiger partial charge is 0.370 e. The third-order valence-electron chi connectivity index (χ3n) is 7.10. The molecule has 0 aliphatic carbocycles. The van der Waals surface area contributed by atoms with Crippen molar-refractivity contribution in [1.29, 1.82) is 5.26 Å². The van der Waals surface area contributed by atoms with E-state index in [4.69, 9.17) is 9.72 Å². The lowest BCUT2D eigenvalue weighted by molar-refractivity contribution is -0.0329. The van der Waals surface area contributed by atoms with E-state index in [2.05, 4.69) is 55.1 Å². The molecule has 0 amide bonds. The molecular weight excluding hydrogens is 440 g/mol. The standard InChI is InChI=1S/C26H30N8O/c1-18-13-34(24-5-4-19(11-27)25-22(24)3-2-6-29-25)16-21(35-18)15-32-14-20-12-30-26(31-23(20)17-32)33-9-7-28-8-10-33/h2-6,12,18,21,28H,7-10,13-17H2,1H3/t18-,21+/m1/s1. The molecule has 180 valence electrons. The molecule has 2 atom stereocenters. The van der Waals surface area contributed by atoms with E-state index >= 15 is 0 Å². The average Bonchev–Trinajstić information content (AvgIpc) is 3.29. The van der Waals surface area contributed by atoms with Crippen LogP contribution in [0.3, 0.4) is 0 Å². The molecule has 9 heteroatoms. The molecule has 6 rings (SSSR count). The molecule has 0 saturated carbocycles. The highest BCUT2D eigenvalue weighted by atomic mass is 16.5. The number of nitriles is 1. The number of hydrogen-bond acceptors (Lipinski definition) is 9. The number of piperazine rings is 1. The Morgan fingerprint density at radius 2 is 2.00 bits per heavy atom. The van der Waals surface area contributed by atoms with E-state index in [1.54, 1.807) is 6.20 Å². The van der Waals surface area contributed by atoms with Crippen LogP contribution >= 0.6 is 0 Å². The topological polar surface area (TPSA) is 93.4 Å². The first kappa shape index (κ1) is 22.2. The molecule has 1 aromatic carbocycles. The minimum absolute atomic E-state index is 0.0797. The fraction of sp³-hybridized carbons (Fsp3) is 0.462. The van der Waals surface area contributed by atoms with Crippen LogP contribution in [0.1, 0.15) is 23.7 Å². The van der Waals surface area contributed by atoms with Gasteiger partial charge < -0.3 is 19.9 Å². The zero-order chi connectivity index (χ0) is 23.8. The summed E-state index contributed by atoms with van der Waals surface area (Å²) in [5, 5.41) is 13.9. The Morgan fingerprint density at radius 3 is 2.86 bits per heavy atom. The van der Waals surface area contributed by atoms with Crippen LogP contribution in [0.2, 0.25) is 0 Å². The molecule has 0 unspecified atom stereocenters. The maximum absolute atomic E-state index is 9.50. The Hall–Kier alpha value is -3.32. The number of rotatable bonds is 4. The van der Waals surface area contributed by atoms with E-state index in [-0.39, 0.29) is 12.2 Å². The third-order valence-corrected chi connectivity index (χ3v) is 7.10. The van der Waals surface area contributed by atoms with Crippen molar-refractivity contribution in [3.63, 3.8) is 0 Å². The van der Waals surface area contributed by atoms with Crippen molar-refractivity contribution >= 4 is 22.5 Å². The van der Waals surface area contributed by atoms with E-state index in [9.17, 15) is 5.26 Å². The van der Waals surface area contributed by atoms with Gasteiger partial charge in [0, 0.05) is 87.9 Å². The number of anilines is 2. The van der Waals surface area contributed by atoms with E-state index in [1.165, 1.54) is 5.56 Å². The number of pyridine rings is 1. The van der Waals surface area contributed by atoms with Crippen molar-refractivity contribution in [1.82, 2.24) is 25.2 Å². The summed E-state index contributed by atoms with van der Waals surface area (Å²) in [5.74, 6) is 0.849. The Labute approximate surface area is 205 Å². The van der Waals surface area contributed by atoms with Crippen LogP contribution in [-0.2, 0) is 17.8 Å². The summed E-state index contributed by atoms with van der Waals surface area (Å²) in [5.41, 5.74) is 4.84. The molecule has 3 aliphatic heterocycles. The summed E-state index contributed by atoms with van der Waals surface area (Å²) in [6, 6.07) is 10.2. The van der Waals surface area contributed by atoms with Gasteiger partial charge in [0.05, 0.1) is 29.0 Å². The Balaban J connectivity index is 1.17. The number of morpholine rings is 1. The highest BCUT2D eigenvalue weighted by molar-refractivity contribution is 5.95. The minimum atomic E-state index is 0.0797. The lowest BCUT2D eigenvalue weighted by Crippen LogP contribution is -2.50. The van der Waals surface area contributed by atoms with Crippen LogP contribution in [0, 0.1) is 11.3 Å². The van der Waals surface area contributed by atoms with Gasteiger partial charge in [-0.2, -0.15) is 5.26 Å². The quantitative estimate of drug-likeness (QED) is 0.614. The first-order valence-electron chi connectivity index (χ1n) is 12.4. The zero-order valence-corrected chi connectivity index (χ0v) is 20.0. The number of hydrogen-bond donors (Lipinski definition) is 1. The molecule has 3 aromatic rings. The molecule has 9 nitrogen and oxygen atoms in total. The van der Waals surface area contributed by atoms with Gasteiger partial charge in [-0.1, -0.05) is 0 Å². The summed E-state index contributed by atoms with van der Waals surface area (Å²) in [6.45, 7) is 10.1. The first-order valence-corrected chi connectivity index (χ1v) is 12.4. The van der Waals surface area contributed by atoms with Gasteiger partial charge >= 0.3 is 0 Å². The van der Waals surface area contributed by atoms with Gasteiger partial charge in [0.15, 0.2) is 0 Å². The first-order chi connectivity index (χ1) is 17.2. The van der Waals surface area contributed by atoms with Gasteiger partial charge in [0.25, 0.3) is 0 Å². The van der Waals surface area contributed by atoms with Crippen LogP contribution in [0.15, 0.2) is 36.7 Å².